The third-order valence-electron chi connectivity index (χ3n) is 6.26. The van der Waals surface area contributed by atoms with E-state index in [1.54, 1.807) is 36.6 Å². The summed E-state index contributed by atoms with van der Waals surface area (Å²) >= 11 is 0. The highest BCUT2D eigenvalue weighted by Crippen LogP contribution is 2.25. The zero-order chi connectivity index (χ0) is 25.7. The lowest BCUT2D eigenvalue weighted by Crippen LogP contribution is -2.44. The van der Waals surface area contributed by atoms with E-state index in [0.717, 1.165) is 19.4 Å². The van der Waals surface area contributed by atoms with E-state index in [1.165, 1.54) is 12.8 Å². The molecule has 2 fully saturated rings. The first-order chi connectivity index (χ1) is 17.3. The molecule has 2 unspecified atom stereocenters. The summed E-state index contributed by atoms with van der Waals surface area (Å²) in [7, 11) is 0.982. The van der Waals surface area contributed by atoms with E-state index in [9.17, 15) is 13.8 Å². The molecule has 4 rings (SSSR count). The highest BCUT2D eigenvalue weighted by Gasteiger charge is 2.26. The van der Waals surface area contributed by atoms with E-state index in [1.807, 2.05) is 11.0 Å². The lowest BCUT2D eigenvalue weighted by Gasteiger charge is -2.32. The summed E-state index contributed by atoms with van der Waals surface area (Å²) in [4.78, 5) is 33.7. The zero-order valence-corrected chi connectivity index (χ0v) is 21.3. The number of hydrogen-bond acceptors (Lipinski definition) is 9. The van der Waals surface area contributed by atoms with E-state index in [2.05, 4.69) is 37.8 Å². The van der Waals surface area contributed by atoms with E-state index in [0.29, 0.717) is 29.7 Å². The molecule has 2 atom stereocenters. The second-order valence-electron chi connectivity index (χ2n) is 9.14. The van der Waals surface area contributed by atoms with Crippen LogP contribution in [-0.2, 0) is 15.6 Å². The fourth-order valence-corrected chi connectivity index (χ4v) is 4.59. The predicted octanol–water partition coefficient (Wildman–Crippen LogP) is 1.50. The van der Waals surface area contributed by atoms with Gasteiger partial charge in [0.15, 0.2) is 11.5 Å². The molecule has 0 spiro atoms. The molecule has 4 N–H and O–H groups in total. The minimum atomic E-state index is -1.10. The van der Waals surface area contributed by atoms with Crippen LogP contribution in [0.25, 0.3) is 0 Å². The maximum atomic E-state index is 12.7. The summed E-state index contributed by atoms with van der Waals surface area (Å²) in [5.74, 6) is -0.372. The van der Waals surface area contributed by atoms with Crippen molar-refractivity contribution in [1.29, 1.82) is 0 Å². The first kappa shape index (κ1) is 25.7. The number of likely N-dealkylation sites (tertiary alicyclic amines) is 1. The molecule has 1 aromatic heterocycles. The molecule has 1 aliphatic carbocycles. The van der Waals surface area contributed by atoms with Crippen LogP contribution >= 0.6 is 0 Å². The van der Waals surface area contributed by atoms with Crippen LogP contribution in [0.1, 0.15) is 36.2 Å². The SMILES string of the molecule is CN(C/C=C/C(=O)N1CCCC(Nc2nnc(C(N)=O)c(Nc3ccc(S(C)=O)cc3)n2)C1)C1CC1. The third-order valence-corrected chi connectivity index (χ3v) is 7.20. The number of nitrogens with two attached hydrogens (primary N) is 1. The van der Waals surface area contributed by atoms with Gasteiger partial charge in [0.05, 0.1) is 0 Å². The second-order valence-corrected chi connectivity index (χ2v) is 10.5. The van der Waals surface area contributed by atoms with E-state index >= 15 is 0 Å². The molecule has 36 heavy (non-hydrogen) atoms. The Balaban J connectivity index is 1.40. The maximum Gasteiger partial charge on any atom is 0.273 e. The Morgan fingerprint density at radius 3 is 2.64 bits per heavy atom. The standard InChI is InChI=1S/C24H32N8O3S/c1-31(18-9-10-18)13-4-6-20(33)32-14-3-5-17(15-32)27-24-28-23(21(22(25)34)29-30-24)26-16-7-11-19(12-8-16)36(2)35/h4,6-8,11-12,17-18H,3,5,9-10,13-15H2,1-2H3,(H2,25,34)(H2,26,27,28,30)/b6-4+. The number of carbonyl (C=O) groups excluding carboxylic acids is 2. The normalized spacial score (nSPS) is 18.9. The smallest absolute Gasteiger partial charge is 0.273 e. The summed E-state index contributed by atoms with van der Waals surface area (Å²) in [5.41, 5.74) is 6.00. The molecule has 1 saturated heterocycles. The first-order valence-corrected chi connectivity index (χ1v) is 13.5. The summed E-state index contributed by atoms with van der Waals surface area (Å²) in [5, 5.41) is 14.3. The second kappa shape index (κ2) is 11.6. The highest BCUT2D eigenvalue weighted by molar-refractivity contribution is 7.84. The van der Waals surface area contributed by atoms with Gasteiger partial charge in [0.25, 0.3) is 5.91 Å². The number of piperidine rings is 1. The summed E-state index contributed by atoms with van der Waals surface area (Å²) in [6, 6.07) is 7.51. The van der Waals surface area contributed by atoms with Crippen molar-refractivity contribution in [2.24, 2.45) is 5.73 Å². The first-order valence-electron chi connectivity index (χ1n) is 12.0. The number of likely N-dealkylation sites (N-methyl/N-ethyl adjacent to an activating group) is 1. The van der Waals surface area contributed by atoms with Crippen LogP contribution in [0.3, 0.4) is 0 Å². The quantitative estimate of drug-likeness (QED) is 0.403. The number of amides is 2. The molecular weight excluding hydrogens is 480 g/mol. The van der Waals surface area contributed by atoms with Crippen LogP contribution in [0, 0.1) is 0 Å². The van der Waals surface area contributed by atoms with Gasteiger partial charge in [0.1, 0.15) is 0 Å². The third kappa shape index (κ3) is 6.85. The Hall–Kier alpha value is -3.38. The van der Waals surface area contributed by atoms with Gasteiger partial charge >= 0.3 is 0 Å². The molecule has 0 bridgehead atoms. The van der Waals surface area contributed by atoms with Crippen LogP contribution in [0.5, 0.6) is 0 Å². The van der Waals surface area contributed by atoms with Gasteiger partial charge in [-0.1, -0.05) is 6.08 Å². The molecule has 192 valence electrons. The van der Waals surface area contributed by atoms with Crippen molar-refractivity contribution >= 4 is 40.1 Å². The van der Waals surface area contributed by atoms with Gasteiger partial charge in [-0.25, -0.2) is 0 Å². The van der Waals surface area contributed by atoms with Gasteiger partial charge in [-0.05, 0) is 57.0 Å². The number of nitrogens with zero attached hydrogens (tertiary/aromatic N) is 5. The van der Waals surface area contributed by atoms with Gasteiger partial charge in [-0.15, -0.1) is 10.2 Å². The molecule has 2 heterocycles. The Kier molecular flexibility index (Phi) is 8.26. The van der Waals surface area contributed by atoms with Gasteiger partial charge in [0, 0.05) is 65.4 Å². The van der Waals surface area contributed by atoms with Crippen molar-refractivity contribution < 1.29 is 13.8 Å². The predicted molar refractivity (Wildman–Crippen MR) is 138 cm³/mol. The minimum absolute atomic E-state index is 0.00682. The molecule has 2 amide bonds. The van der Waals surface area contributed by atoms with Gasteiger partial charge < -0.3 is 21.3 Å². The van der Waals surface area contributed by atoms with Crippen LogP contribution in [0.4, 0.5) is 17.5 Å². The molecule has 0 radical (unpaired) electrons. The van der Waals surface area contributed by atoms with Crippen molar-refractivity contribution in [3.05, 3.63) is 42.1 Å². The van der Waals surface area contributed by atoms with Crippen LogP contribution in [0.15, 0.2) is 41.3 Å². The van der Waals surface area contributed by atoms with Gasteiger partial charge in [0.2, 0.25) is 11.9 Å². The summed E-state index contributed by atoms with van der Waals surface area (Å²) < 4.78 is 11.6. The molecule has 1 aliphatic heterocycles. The topological polar surface area (TPSA) is 146 Å². The number of carbonyl (C=O) groups is 2. The van der Waals surface area contributed by atoms with Crippen molar-refractivity contribution in [2.45, 2.75) is 42.7 Å². The fraction of sp³-hybridized carbons (Fsp3) is 0.458. The van der Waals surface area contributed by atoms with Crippen molar-refractivity contribution in [3.8, 4) is 0 Å². The van der Waals surface area contributed by atoms with Gasteiger partial charge in [-0.3, -0.25) is 18.7 Å². The summed E-state index contributed by atoms with van der Waals surface area (Å²) in [6.45, 7) is 1.98. The molecular formula is C24H32N8O3S. The number of rotatable bonds is 10. The van der Waals surface area contributed by atoms with Crippen LogP contribution in [-0.4, -0.2) is 86.0 Å². The fourth-order valence-electron chi connectivity index (χ4n) is 4.07. The minimum Gasteiger partial charge on any atom is -0.364 e. The number of hydrogen-bond donors (Lipinski definition) is 3. The number of benzene rings is 1. The van der Waals surface area contributed by atoms with E-state index in [-0.39, 0.29) is 29.4 Å². The molecule has 2 aromatic rings. The average Bonchev–Trinajstić information content (AvgIpc) is 3.70. The number of anilines is 3. The molecule has 12 heteroatoms. The van der Waals surface area contributed by atoms with Crippen LogP contribution in [0.2, 0.25) is 0 Å². The summed E-state index contributed by atoms with van der Waals surface area (Å²) in [6.07, 6.45) is 9.35. The average molecular weight is 513 g/mol. The van der Waals surface area contributed by atoms with Gasteiger partial charge in [-0.2, -0.15) is 4.98 Å². The largest absolute Gasteiger partial charge is 0.364 e. The monoisotopic (exact) mass is 512 g/mol. The zero-order valence-electron chi connectivity index (χ0n) is 20.5. The Morgan fingerprint density at radius 1 is 1.22 bits per heavy atom. The van der Waals surface area contributed by atoms with E-state index in [4.69, 9.17) is 5.73 Å². The number of aromatic nitrogens is 3. The number of primary amides is 1. The highest BCUT2D eigenvalue weighted by atomic mass is 32.2. The molecule has 1 aromatic carbocycles. The Labute approximate surface area is 213 Å². The Morgan fingerprint density at radius 2 is 1.97 bits per heavy atom. The van der Waals surface area contributed by atoms with Crippen molar-refractivity contribution in [2.75, 3.05) is 43.6 Å². The lowest BCUT2D eigenvalue weighted by atomic mass is 10.1. The maximum absolute atomic E-state index is 12.7. The Bertz CT molecular complexity index is 1150. The molecule has 2 aliphatic rings. The van der Waals surface area contributed by atoms with E-state index < -0.39 is 16.7 Å². The van der Waals surface area contributed by atoms with Crippen LogP contribution < -0.4 is 16.4 Å². The number of nitrogens with one attached hydrogen (secondary N) is 2. The lowest BCUT2D eigenvalue weighted by molar-refractivity contribution is -0.127. The molecule has 11 nitrogen and oxygen atoms in total. The van der Waals surface area contributed by atoms with Crippen molar-refractivity contribution in [1.82, 2.24) is 25.0 Å². The molecule has 1 saturated carbocycles. The van der Waals surface area contributed by atoms with Crippen molar-refractivity contribution in [3.63, 3.8) is 0 Å².